The van der Waals surface area contributed by atoms with Gasteiger partial charge in [-0.15, -0.1) is 23.2 Å². The van der Waals surface area contributed by atoms with Crippen molar-refractivity contribution in [2.45, 2.75) is 20.6 Å². The number of carbonyl (C=O) groups is 3. The Labute approximate surface area is 245 Å². The van der Waals surface area contributed by atoms with E-state index >= 15 is 0 Å². The average Bonchev–Trinajstić information content (AvgIpc) is 3.22. The molecule has 0 radical (unpaired) electrons. The van der Waals surface area contributed by atoms with Gasteiger partial charge >= 0.3 is 0 Å². The highest BCUT2D eigenvalue weighted by atomic mass is 35.5. The van der Waals surface area contributed by atoms with Crippen LogP contribution in [0.2, 0.25) is 10.0 Å². The van der Waals surface area contributed by atoms with Crippen molar-refractivity contribution in [2.24, 2.45) is 11.8 Å². The van der Waals surface area contributed by atoms with E-state index in [-0.39, 0.29) is 22.2 Å². The van der Waals surface area contributed by atoms with E-state index in [9.17, 15) is 14.4 Å². The monoisotopic (exact) mass is 644 g/mol. The maximum atomic E-state index is 13.8. The third-order valence-corrected chi connectivity index (χ3v) is 11.5. The number of alkyl halides is 4. The lowest BCUT2D eigenvalue weighted by Crippen LogP contribution is -2.55. The summed E-state index contributed by atoms with van der Waals surface area (Å²) in [5.74, 6) is -5.09. The van der Waals surface area contributed by atoms with E-state index in [1.54, 1.807) is 24.3 Å². The van der Waals surface area contributed by atoms with Gasteiger partial charge in [0.2, 0.25) is 0 Å². The summed E-state index contributed by atoms with van der Waals surface area (Å²) >= 11 is 51.4. The maximum Gasteiger partial charge on any atom is 0.273 e. The number of hydrazine groups is 1. The van der Waals surface area contributed by atoms with Crippen LogP contribution in [0.1, 0.15) is 15.9 Å². The highest BCUT2D eigenvalue weighted by molar-refractivity contribution is 6.66. The number of benzene rings is 2. The first-order valence-electron chi connectivity index (χ1n) is 10.3. The Morgan fingerprint density at radius 2 is 1.17 bits per heavy atom. The Bertz CT molecular complexity index is 1300. The fourth-order valence-electron chi connectivity index (χ4n) is 4.96. The lowest BCUT2D eigenvalue weighted by Gasteiger charge is -2.37. The van der Waals surface area contributed by atoms with Crippen LogP contribution in [0.25, 0.3) is 0 Å². The average molecular weight is 648 g/mol. The van der Waals surface area contributed by atoms with Crippen molar-refractivity contribution in [1.82, 2.24) is 10.0 Å². The number of hydrogen-bond acceptors (Lipinski definition) is 3. The van der Waals surface area contributed by atoms with Crippen LogP contribution in [-0.2, 0) is 16.1 Å². The fraction of sp³-hybridized carbons (Fsp3) is 0.261. The molecule has 2 bridgehead atoms. The lowest BCUT2D eigenvalue weighted by atomic mass is 9.84. The molecule has 2 fully saturated rings. The number of imide groups is 1. The second kappa shape index (κ2) is 8.82. The number of nitrogens with zero attached hydrogens (tertiary/aromatic N) is 2. The summed E-state index contributed by atoms with van der Waals surface area (Å²) in [6.45, 7) is -0.165. The molecule has 188 valence electrons. The number of halogens is 8. The van der Waals surface area contributed by atoms with Crippen LogP contribution >= 0.6 is 92.8 Å². The van der Waals surface area contributed by atoms with Crippen LogP contribution in [-0.4, -0.2) is 41.8 Å². The van der Waals surface area contributed by atoms with E-state index < -0.39 is 43.6 Å². The van der Waals surface area contributed by atoms with E-state index in [1.165, 1.54) is 24.3 Å². The van der Waals surface area contributed by atoms with Crippen LogP contribution < -0.4 is 0 Å². The van der Waals surface area contributed by atoms with Gasteiger partial charge in [0.05, 0.1) is 28.4 Å². The molecule has 0 unspecified atom stereocenters. The number of carbonyl (C=O) groups excluding carboxylic acids is 3. The minimum Gasteiger partial charge on any atom is -0.272 e. The van der Waals surface area contributed by atoms with Gasteiger partial charge in [-0.05, 0) is 42.0 Å². The number of amides is 3. The van der Waals surface area contributed by atoms with Gasteiger partial charge in [-0.3, -0.25) is 14.4 Å². The molecule has 2 aliphatic carbocycles. The van der Waals surface area contributed by atoms with Crippen molar-refractivity contribution in [3.63, 3.8) is 0 Å². The molecule has 3 amide bonds. The zero-order valence-corrected chi connectivity index (χ0v) is 23.7. The fourth-order valence-corrected chi connectivity index (χ4v) is 8.14. The van der Waals surface area contributed by atoms with Gasteiger partial charge in [0, 0.05) is 15.6 Å². The normalized spacial score (nSPS) is 30.3. The zero-order valence-electron chi connectivity index (χ0n) is 17.6. The Kier molecular flexibility index (Phi) is 6.54. The van der Waals surface area contributed by atoms with Gasteiger partial charge in [0.15, 0.2) is 4.33 Å². The first-order chi connectivity index (χ1) is 16.8. The smallest absolute Gasteiger partial charge is 0.272 e. The van der Waals surface area contributed by atoms with Gasteiger partial charge in [0.1, 0.15) is 9.75 Å². The Balaban J connectivity index is 1.61. The number of rotatable bonds is 4. The molecule has 4 atom stereocenters. The number of allylic oxidation sites excluding steroid dienone is 2. The van der Waals surface area contributed by atoms with Gasteiger partial charge < -0.3 is 0 Å². The summed E-state index contributed by atoms with van der Waals surface area (Å²) in [6, 6.07) is 12.5. The van der Waals surface area contributed by atoms with Crippen LogP contribution in [0.3, 0.4) is 0 Å². The van der Waals surface area contributed by atoms with Crippen molar-refractivity contribution in [3.05, 3.63) is 79.8 Å². The van der Waals surface area contributed by atoms with Crippen molar-refractivity contribution >= 4 is 111 Å². The van der Waals surface area contributed by atoms with Gasteiger partial charge in [-0.2, -0.15) is 5.01 Å². The van der Waals surface area contributed by atoms with E-state index in [1.807, 2.05) is 0 Å². The Morgan fingerprint density at radius 1 is 0.750 bits per heavy atom. The Hall–Kier alpha value is -0.890. The second-order valence-electron chi connectivity index (χ2n) is 8.57. The zero-order chi connectivity index (χ0) is 26.4. The summed E-state index contributed by atoms with van der Waals surface area (Å²) in [5.41, 5.74) is 0.759. The predicted molar refractivity (Wildman–Crippen MR) is 142 cm³/mol. The standard InChI is InChI=1S/C23H12Cl8N2O3/c24-12-5-1-10(2-6-12)9-32(18(34)11-3-7-13(25)8-4-11)33-19(35)14-15(20(33)36)22(29)17(27)16(26)21(14,28)23(22,30)31/h1-8,14-15H,9H2/t14-,15+,21-,22-/m1/s1. The minimum atomic E-state index is -2.08. The molecule has 0 spiro atoms. The molecule has 5 nitrogen and oxygen atoms in total. The highest BCUT2D eigenvalue weighted by Gasteiger charge is 2.88. The predicted octanol–water partition coefficient (Wildman–Crippen LogP) is 7.00. The van der Waals surface area contributed by atoms with E-state index in [4.69, 9.17) is 92.8 Å². The maximum absolute atomic E-state index is 13.8. The van der Waals surface area contributed by atoms with Gasteiger partial charge in [-0.1, -0.05) is 81.7 Å². The summed E-state index contributed by atoms with van der Waals surface area (Å²) < 4.78 is -2.08. The molecule has 36 heavy (non-hydrogen) atoms. The molecular formula is C23H12Cl8N2O3. The van der Waals surface area contributed by atoms with E-state index in [2.05, 4.69) is 0 Å². The van der Waals surface area contributed by atoms with E-state index in [0.29, 0.717) is 15.6 Å². The van der Waals surface area contributed by atoms with Crippen molar-refractivity contribution < 1.29 is 14.4 Å². The molecule has 0 N–H and O–H groups in total. The Morgan fingerprint density at radius 3 is 1.61 bits per heavy atom. The molecule has 0 aromatic heterocycles. The molecule has 3 aliphatic rings. The molecule has 2 aromatic rings. The molecule has 13 heteroatoms. The quantitative estimate of drug-likeness (QED) is 0.265. The van der Waals surface area contributed by atoms with Crippen LogP contribution in [0.15, 0.2) is 58.6 Å². The van der Waals surface area contributed by atoms with Crippen LogP contribution in [0, 0.1) is 11.8 Å². The number of fused-ring (bicyclic) bond motifs is 5. The summed E-state index contributed by atoms with van der Waals surface area (Å²) in [7, 11) is 0. The third kappa shape index (κ3) is 3.34. The largest absolute Gasteiger partial charge is 0.273 e. The van der Waals surface area contributed by atoms with Crippen LogP contribution in [0.5, 0.6) is 0 Å². The topological polar surface area (TPSA) is 57.7 Å². The SMILES string of the molecule is O=C(c1ccc(Cl)cc1)N(Cc1ccc(Cl)cc1)N1C(=O)[C@@H]2[C@H](C1=O)[C@@]1(Cl)C(Cl)=C(Cl)[C@@]2(Cl)C1(Cl)Cl. The highest BCUT2D eigenvalue weighted by Crippen LogP contribution is 2.77. The van der Waals surface area contributed by atoms with Crippen molar-refractivity contribution in [3.8, 4) is 0 Å². The first-order valence-corrected chi connectivity index (χ1v) is 13.3. The molecule has 1 heterocycles. The number of hydrogen-bond donors (Lipinski definition) is 0. The third-order valence-electron chi connectivity index (χ3n) is 6.70. The van der Waals surface area contributed by atoms with Crippen LogP contribution in [0.4, 0.5) is 0 Å². The molecular weight excluding hydrogens is 636 g/mol. The van der Waals surface area contributed by atoms with Gasteiger partial charge in [0.25, 0.3) is 17.7 Å². The molecule has 5 rings (SSSR count). The molecule has 1 saturated carbocycles. The van der Waals surface area contributed by atoms with E-state index in [0.717, 1.165) is 10.0 Å². The summed E-state index contributed by atoms with van der Waals surface area (Å²) in [4.78, 5) is 37.3. The van der Waals surface area contributed by atoms with Crippen molar-refractivity contribution in [1.29, 1.82) is 0 Å². The lowest BCUT2D eigenvalue weighted by molar-refractivity contribution is -0.156. The summed E-state index contributed by atoms with van der Waals surface area (Å²) in [6.07, 6.45) is 0. The minimum absolute atomic E-state index is 0.165. The molecule has 1 aliphatic heterocycles. The summed E-state index contributed by atoms with van der Waals surface area (Å²) in [5, 5.41) is 2.16. The van der Waals surface area contributed by atoms with Crippen molar-refractivity contribution in [2.75, 3.05) is 0 Å². The van der Waals surface area contributed by atoms with Gasteiger partial charge in [-0.25, -0.2) is 5.01 Å². The first kappa shape index (κ1) is 26.7. The molecule has 2 aromatic carbocycles. The second-order valence-corrected chi connectivity index (χ2v) is 12.7. The molecule has 1 saturated heterocycles.